The Labute approximate surface area is 115 Å². The SMILES string of the molecule is Nc1ccccc1CC(=O)OCc1cc(F)ccc1F. The number of nitrogen functional groups attached to an aromatic ring is 1. The molecule has 2 aromatic rings. The van der Waals surface area contributed by atoms with Crippen molar-refractivity contribution in [2.75, 3.05) is 5.73 Å². The number of hydrogen-bond donors (Lipinski definition) is 1. The van der Waals surface area contributed by atoms with Crippen molar-refractivity contribution in [1.82, 2.24) is 0 Å². The van der Waals surface area contributed by atoms with Crippen LogP contribution in [0.3, 0.4) is 0 Å². The third-order valence-electron chi connectivity index (χ3n) is 2.79. The lowest BCUT2D eigenvalue weighted by molar-refractivity contribution is -0.144. The van der Waals surface area contributed by atoms with E-state index in [2.05, 4.69) is 0 Å². The topological polar surface area (TPSA) is 52.3 Å². The summed E-state index contributed by atoms with van der Waals surface area (Å²) in [5, 5.41) is 0. The predicted octanol–water partition coefficient (Wildman–Crippen LogP) is 2.83. The lowest BCUT2D eigenvalue weighted by Crippen LogP contribution is -2.10. The van der Waals surface area contributed by atoms with Crippen LogP contribution < -0.4 is 5.73 Å². The van der Waals surface area contributed by atoms with Crippen LogP contribution in [0, 0.1) is 11.6 Å². The van der Waals surface area contributed by atoms with E-state index in [1.807, 2.05) is 0 Å². The molecule has 2 rings (SSSR count). The monoisotopic (exact) mass is 277 g/mol. The largest absolute Gasteiger partial charge is 0.460 e. The first-order valence-corrected chi connectivity index (χ1v) is 5.99. The first-order valence-electron chi connectivity index (χ1n) is 5.99. The standard InChI is InChI=1S/C15H13F2NO2/c16-12-5-6-13(17)11(7-12)9-20-15(19)8-10-3-1-2-4-14(10)18/h1-7H,8-9,18H2. The minimum absolute atomic E-state index is 0.000571. The van der Waals surface area contributed by atoms with Crippen molar-refractivity contribution < 1.29 is 18.3 Å². The van der Waals surface area contributed by atoms with Gasteiger partial charge in [-0.25, -0.2) is 8.78 Å². The van der Waals surface area contributed by atoms with Crippen LogP contribution in [0.2, 0.25) is 0 Å². The first-order chi connectivity index (χ1) is 9.56. The second-order valence-corrected chi connectivity index (χ2v) is 4.27. The van der Waals surface area contributed by atoms with Crippen LogP contribution in [0.25, 0.3) is 0 Å². The molecular formula is C15H13F2NO2. The van der Waals surface area contributed by atoms with E-state index in [1.165, 1.54) is 0 Å². The molecule has 0 aliphatic carbocycles. The molecular weight excluding hydrogens is 264 g/mol. The average molecular weight is 277 g/mol. The van der Waals surface area contributed by atoms with Gasteiger partial charge in [-0.15, -0.1) is 0 Å². The van der Waals surface area contributed by atoms with Gasteiger partial charge in [-0.2, -0.15) is 0 Å². The summed E-state index contributed by atoms with van der Waals surface area (Å²) >= 11 is 0. The van der Waals surface area contributed by atoms with Crippen molar-refractivity contribution in [3.8, 4) is 0 Å². The molecule has 2 N–H and O–H groups in total. The van der Waals surface area contributed by atoms with Gasteiger partial charge in [-0.1, -0.05) is 18.2 Å². The molecule has 0 aliphatic heterocycles. The van der Waals surface area contributed by atoms with Gasteiger partial charge in [0.25, 0.3) is 0 Å². The minimum Gasteiger partial charge on any atom is -0.460 e. The van der Waals surface area contributed by atoms with Gasteiger partial charge < -0.3 is 10.5 Å². The molecule has 0 spiro atoms. The van der Waals surface area contributed by atoms with Crippen LogP contribution in [-0.4, -0.2) is 5.97 Å². The van der Waals surface area contributed by atoms with Crippen LogP contribution in [0.4, 0.5) is 14.5 Å². The summed E-state index contributed by atoms with van der Waals surface area (Å²) in [4.78, 5) is 11.6. The average Bonchev–Trinajstić information content (AvgIpc) is 2.42. The maximum absolute atomic E-state index is 13.3. The molecule has 20 heavy (non-hydrogen) atoms. The van der Waals surface area contributed by atoms with Crippen molar-refractivity contribution in [3.63, 3.8) is 0 Å². The number of hydrogen-bond acceptors (Lipinski definition) is 3. The summed E-state index contributed by atoms with van der Waals surface area (Å²) in [6.45, 7) is -0.310. The normalized spacial score (nSPS) is 10.3. The lowest BCUT2D eigenvalue weighted by atomic mass is 10.1. The Balaban J connectivity index is 1.96. The van der Waals surface area contributed by atoms with Gasteiger partial charge in [0.15, 0.2) is 0 Å². The van der Waals surface area contributed by atoms with Crippen molar-refractivity contribution >= 4 is 11.7 Å². The molecule has 0 radical (unpaired) electrons. The quantitative estimate of drug-likeness (QED) is 0.690. The smallest absolute Gasteiger partial charge is 0.310 e. The third kappa shape index (κ3) is 3.54. The van der Waals surface area contributed by atoms with Crippen LogP contribution in [0.1, 0.15) is 11.1 Å². The number of rotatable bonds is 4. The molecule has 2 aromatic carbocycles. The molecule has 0 fully saturated rings. The number of ether oxygens (including phenoxy) is 1. The molecule has 0 amide bonds. The molecule has 3 nitrogen and oxygen atoms in total. The summed E-state index contributed by atoms with van der Waals surface area (Å²) in [7, 11) is 0. The van der Waals surface area contributed by atoms with Crippen LogP contribution >= 0.6 is 0 Å². The second-order valence-electron chi connectivity index (χ2n) is 4.27. The minimum atomic E-state index is -0.613. The fraction of sp³-hybridized carbons (Fsp3) is 0.133. The highest BCUT2D eigenvalue weighted by atomic mass is 19.1. The predicted molar refractivity (Wildman–Crippen MR) is 70.7 cm³/mol. The summed E-state index contributed by atoms with van der Waals surface area (Å²) in [6.07, 6.45) is -0.0103. The second kappa shape index (κ2) is 6.14. The number of carbonyl (C=O) groups is 1. The highest BCUT2D eigenvalue weighted by Crippen LogP contribution is 2.14. The number of benzene rings is 2. The Bertz CT molecular complexity index is 629. The molecule has 0 saturated carbocycles. The number of para-hydroxylation sites is 1. The number of anilines is 1. The lowest BCUT2D eigenvalue weighted by Gasteiger charge is -2.07. The number of halogens is 2. The molecule has 0 saturated heterocycles. The van der Waals surface area contributed by atoms with Crippen LogP contribution in [0.5, 0.6) is 0 Å². The van der Waals surface area contributed by atoms with Gasteiger partial charge in [-0.3, -0.25) is 4.79 Å². The van der Waals surface area contributed by atoms with Crippen molar-refractivity contribution in [2.24, 2.45) is 0 Å². The van der Waals surface area contributed by atoms with E-state index in [1.54, 1.807) is 24.3 Å². The van der Waals surface area contributed by atoms with Crippen molar-refractivity contribution in [2.45, 2.75) is 13.0 Å². The zero-order chi connectivity index (χ0) is 14.5. The summed E-state index contributed by atoms with van der Waals surface area (Å²) in [5.74, 6) is -1.74. The zero-order valence-electron chi connectivity index (χ0n) is 10.6. The molecule has 0 bridgehead atoms. The number of esters is 1. The van der Waals surface area contributed by atoms with E-state index in [9.17, 15) is 13.6 Å². The highest BCUT2D eigenvalue weighted by Gasteiger charge is 2.10. The molecule has 0 aromatic heterocycles. The molecule has 0 heterocycles. The Morgan fingerprint density at radius 3 is 2.60 bits per heavy atom. The van der Waals surface area contributed by atoms with Crippen LogP contribution in [0.15, 0.2) is 42.5 Å². The van der Waals surface area contributed by atoms with E-state index >= 15 is 0 Å². The fourth-order valence-electron chi connectivity index (χ4n) is 1.71. The van der Waals surface area contributed by atoms with Crippen molar-refractivity contribution in [3.05, 3.63) is 65.2 Å². The highest BCUT2D eigenvalue weighted by molar-refractivity contribution is 5.74. The Morgan fingerprint density at radius 2 is 1.85 bits per heavy atom. The fourth-order valence-corrected chi connectivity index (χ4v) is 1.71. The number of nitrogens with two attached hydrogens (primary N) is 1. The molecule has 0 atom stereocenters. The van der Waals surface area contributed by atoms with E-state index < -0.39 is 17.6 Å². The Hall–Kier alpha value is -2.43. The van der Waals surface area contributed by atoms with Crippen molar-refractivity contribution in [1.29, 1.82) is 0 Å². The molecule has 5 heteroatoms. The summed E-state index contributed by atoms with van der Waals surface area (Å²) < 4.78 is 31.2. The molecule has 0 unspecified atom stereocenters. The Morgan fingerprint density at radius 1 is 1.10 bits per heavy atom. The third-order valence-corrected chi connectivity index (χ3v) is 2.79. The first kappa shape index (κ1) is 14.0. The van der Waals surface area contributed by atoms with Gasteiger partial charge in [0.05, 0.1) is 6.42 Å². The van der Waals surface area contributed by atoms with Gasteiger partial charge in [0.1, 0.15) is 18.2 Å². The Kier molecular flexibility index (Phi) is 4.30. The van der Waals surface area contributed by atoms with E-state index in [0.717, 1.165) is 18.2 Å². The zero-order valence-corrected chi connectivity index (χ0v) is 10.6. The van der Waals surface area contributed by atoms with Gasteiger partial charge in [-0.05, 0) is 29.8 Å². The number of carbonyl (C=O) groups excluding carboxylic acids is 1. The maximum Gasteiger partial charge on any atom is 0.310 e. The van der Waals surface area contributed by atoms with E-state index in [4.69, 9.17) is 10.5 Å². The van der Waals surface area contributed by atoms with Gasteiger partial charge in [0.2, 0.25) is 0 Å². The molecule has 104 valence electrons. The van der Waals surface area contributed by atoms with E-state index in [0.29, 0.717) is 11.3 Å². The van der Waals surface area contributed by atoms with E-state index in [-0.39, 0.29) is 18.6 Å². The summed E-state index contributed by atoms with van der Waals surface area (Å²) in [6, 6.07) is 9.89. The molecule has 0 aliphatic rings. The van der Waals surface area contributed by atoms with Gasteiger partial charge in [0, 0.05) is 11.3 Å². The summed E-state index contributed by atoms with van der Waals surface area (Å²) in [5.41, 5.74) is 6.83. The van der Waals surface area contributed by atoms with Crippen LogP contribution in [-0.2, 0) is 22.6 Å². The maximum atomic E-state index is 13.3. The van der Waals surface area contributed by atoms with Gasteiger partial charge >= 0.3 is 5.97 Å².